The molecular formula is C10H21N3O2. The summed E-state index contributed by atoms with van der Waals surface area (Å²) in [6, 6.07) is 0.318. The number of nitrogens with two attached hydrogens (primary N) is 1. The summed E-state index contributed by atoms with van der Waals surface area (Å²) in [6.07, 6.45) is 1.53. The second-order valence-corrected chi connectivity index (χ2v) is 4.37. The number of aliphatic hydroxyl groups excluding tert-OH is 1. The van der Waals surface area contributed by atoms with Gasteiger partial charge in [-0.15, -0.1) is 0 Å². The van der Waals surface area contributed by atoms with Gasteiger partial charge in [-0.2, -0.15) is 0 Å². The maximum atomic E-state index is 10.1. The van der Waals surface area contributed by atoms with Crippen molar-refractivity contribution in [3.05, 3.63) is 0 Å². The molecule has 1 atom stereocenters. The van der Waals surface area contributed by atoms with Crippen LogP contribution in [0.4, 0.5) is 0 Å². The third kappa shape index (κ3) is 2.89. The Balaban J connectivity index is 1.81. The summed E-state index contributed by atoms with van der Waals surface area (Å²) in [6.45, 7) is 4.90. The number of aliphatic hydroxyl groups is 1. The summed E-state index contributed by atoms with van der Waals surface area (Å²) in [7, 11) is 0. The van der Waals surface area contributed by atoms with E-state index in [1.807, 2.05) is 0 Å². The van der Waals surface area contributed by atoms with Gasteiger partial charge < -0.3 is 15.6 Å². The third-order valence-corrected chi connectivity index (χ3v) is 3.27. The van der Waals surface area contributed by atoms with Gasteiger partial charge in [-0.25, -0.2) is 0 Å². The van der Waals surface area contributed by atoms with Gasteiger partial charge in [0.25, 0.3) is 0 Å². The Labute approximate surface area is 90.8 Å². The molecular weight excluding hydrogens is 194 g/mol. The molecule has 15 heavy (non-hydrogen) atoms. The molecule has 5 nitrogen and oxygen atoms in total. The van der Waals surface area contributed by atoms with Gasteiger partial charge >= 0.3 is 0 Å². The smallest absolute Gasteiger partial charge is 0.165 e. The van der Waals surface area contributed by atoms with Crippen molar-refractivity contribution in [3.8, 4) is 0 Å². The summed E-state index contributed by atoms with van der Waals surface area (Å²) in [5.41, 5.74) is 5.83. The monoisotopic (exact) mass is 215 g/mol. The highest BCUT2D eigenvalue weighted by Gasteiger charge is 2.27. The molecule has 0 aromatic heterocycles. The van der Waals surface area contributed by atoms with E-state index in [2.05, 4.69) is 9.80 Å². The number of rotatable bonds is 2. The second-order valence-electron chi connectivity index (χ2n) is 4.37. The molecule has 0 aromatic carbocycles. The lowest BCUT2D eigenvalue weighted by molar-refractivity contribution is -0.144. The first-order valence-electron chi connectivity index (χ1n) is 5.77. The Kier molecular flexibility index (Phi) is 3.93. The zero-order chi connectivity index (χ0) is 10.7. The van der Waals surface area contributed by atoms with Crippen LogP contribution in [0.1, 0.15) is 12.8 Å². The van der Waals surface area contributed by atoms with Crippen LogP contribution in [0.3, 0.4) is 0 Å². The minimum Gasteiger partial charge on any atom is -0.379 e. The fourth-order valence-corrected chi connectivity index (χ4v) is 2.19. The predicted molar refractivity (Wildman–Crippen MR) is 57.2 cm³/mol. The maximum Gasteiger partial charge on any atom is 0.165 e. The highest BCUT2D eigenvalue weighted by Crippen LogP contribution is 2.13. The quantitative estimate of drug-likeness (QED) is 0.620. The van der Waals surface area contributed by atoms with Crippen LogP contribution >= 0.6 is 0 Å². The largest absolute Gasteiger partial charge is 0.379 e. The number of hydrogen-bond acceptors (Lipinski definition) is 5. The molecule has 0 saturated carbocycles. The molecule has 3 N–H and O–H groups in total. The van der Waals surface area contributed by atoms with Crippen molar-refractivity contribution in [2.24, 2.45) is 5.73 Å². The van der Waals surface area contributed by atoms with Gasteiger partial charge in [-0.05, 0) is 12.8 Å². The van der Waals surface area contributed by atoms with E-state index in [0.29, 0.717) is 6.04 Å². The Morgan fingerprint density at radius 2 is 1.60 bits per heavy atom. The van der Waals surface area contributed by atoms with Crippen LogP contribution in [0.15, 0.2) is 0 Å². The Hall–Kier alpha value is -0.200. The molecule has 2 fully saturated rings. The molecule has 0 bridgehead atoms. The van der Waals surface area contributed by atoms with Crippen molar-refractivity contribution in [1.82, 2.24) is 9.80 Å². The number of piperidine rings is 1. The number of ether oxygens (including phenoxy) is 1. The van der Waals surface area contributed by atoms with Crippen molar-refractivity contribution in [2.75, 3.05) is 39.4 Å². The SMILES string of the molecule is NC1CCN(C(O)N2CCOCC2)CC1. The molecule has 1 unspecified atom stereocenters. The Morgan fingerprint density at radius 1 is 1.07 bits per heavy atom. The van der Waals surface area contributed by atoms with Crippen molar-refractivity contribution < 1.29 is 9.84 Å². The van der Waals surface area contributed by atoms with Crippen molar-refractivity contribution in [2.45, 2.75) is 25.2 Å². The number of hydrogen-bond donors (Lipinski definition) is 2. The van der Waals surface area contributed by atoms with Gasteiger partial charge in [0.05, 0.1) is 13.2 Å². The van der Waals surface area contributed by atoms with Crippen molar-refractivity contribution in [1.29, 1.82) is 0 Å². The van der Waals surface area contributed by atoms with E-state index in [1.54, 1.807) is 0 Å². The lowest BCUT2D eigenvalue weighted by Gasteiger charge is -2.40. The van der Waals surface area contributed by atoms with E-state index >= 15 is 0 Å². The van der Waals surface area contributed by atoms with E-state index in [-0.39, 0.29) is 0 Å². The van der Waals surface area contributed by atoms with E-state index < -0.39 is 6.35 Å². The summed E-state index contributed by atoms with van der Waals surface area (Å²) in [5.74, 6) is 0. The van der Waals surface area contributed by atoms with Crippen LogP contribution in [-0.2, 0) is 4.74 Å². The molecule has 5 heteroatoms. The molecule has 2 heterocycles. The summed E-state index contributed by atoms with van der Waals surface area (Å²) in [5, 5.41) is 10.1. The van der Waals surface area contributed by atoms with Crippen molar-refractivity contribution in [3.63, 3.8) is 0 Å². The second kappa shape index (κ2) is 5.23. The normalized spacial score (nSPS) is 29.2. The van der Waals surface area contributed by atoms with E-state index in [4.69, 9.17) is 10.5 Å². The van der Waals surface area contributed by atoms with Crippen LogP contribution in [0.5, 0.6) is 0 Å². The minimum atomic E-state index is -0.443. The van der Waals surface area contributed by atoms with Gasteiger partial charge in [-0.1, -0.05) is 0 Å². The predicted octanol–water partition coefficient (Wildman–Crippen LogP) is -0.982. The van der Waals surface area contributed by atoms with Crippen LogP contribution in [0, 0.1) is 0 Å². The third-order valence-electron chi connectivity index (χ3n) is 3.27. The van der Waals surface area contributed by atoms with Gasteiger partial charge in [0.1, 0.15) is 0 Å². The summed E-state index contributed by atoms with van der Waals surface area (Å²) < 4.78 is 5.26. The molecule has 2 saturated heterocycles. The van der Waals surface area contributed by atoms with Gasteiger partial charge in [0.15, 0.2) is 6.35 Å². The zero-order valence-electron chi connectivity index (χ0n) is 9.14. The van der Waals surface area contributed by atoms with Crippen LogP contribution in [0.2, 0.25) is 0 Å². The van der Waals surface area contributed by atoms with Crippen LogP contribution in [-0.4, -0.2) is 66.7 Å². The molecule has 2 rings (SSSR count). The topological polar surface area (TPSA) is 62.0 Å². The van der Waals surface area contributed by atoms with E-state index in [1.165, 1.54) is 0 Å². The first kappa shape index (κ1) is 11.3. The maximum absolute atomic E-state index is 10.1. The number of nitrogens with zero attached hydrogens (tertiary/aromatic N) is 2. The molecule has 2 aliphatic rings. The standard InChI is InChI=1S/C10H21N3O2/c11-9-1-3-12(4-2-9)10(14)13-5-7-15-8-6-13/h9-10,14H,1-8,11H2. The number of morpholine rings is 1. The average Bonchev–Trinajstić information content (AvgIpc) is 2.30. The van der Waals surface area contributed by atoms with Crippen molar-refractivity contribution >= 4 is 0 Å². The van der Waals surface area contributed by atoms with Crippen LogP contribution < -0.4 is 5.73 Å². The first-order chi connectivity index (χ1) is 7.27. The molecule has 0 radical (unpaired) electrons. The highest BCUT2D eigenvalue weighted by atomic mass is 16.5. The van der Waals surface area contributed by atoms with Gasteiger partial charge in [-0.3, -0.25) is 9.80 Å². The molecule has 0 amide bonds. The number of likely N-dealkylation sites (tertiary alicyclic amines) is 1. The fraction of sp³-hybridized carbons (Fsp3) is 1.00. The van der Waals surface area contributed by atoms with Gasteiger partial charge in [0.2, 0.25) is 0 Å². The minimum absolute atomic E-state index is 0.318. The zero-order valence-corrected chi connectivity index (χ0v) is 9.14. The Bertz CT molecular complexity index is 189. The first-order valence-corrected chi connectivity index (χ1v) is 5.77. The summed E-state index contributed by atoms with van der Waals surface area (Å²) >= 11 is 0. The molecule has 0 spiro atoms. The molecule has 0 aliphatic carbocycles. The Morgan fingerprint density at radius 3 is 2.20 bits per heavy atom. The average molecular weight is 215 g/mol. The fourth-order valence-electron chi connectivity index (χ4n) is 2.19. The molecule has 88 valence electrons. The van der Waals surface area contributed by atoms with E-state index in [9.17, 15) is 5.11 Å². The van der Waals surface area contributed by atoms with Crippen LogP contribution in [0.25, 0.3) is 0 Å². The lowest BCUT2D eigenvalue weighted by atomic mass is 10.1. The summed E-state index contributed by atoms with van der Waals surface area (Å²) in [4.78, 5) is 4.18. The van der Waals surface area contributed by atoms with Gasteiger partial charge in [0, 0.05) is 32.2 Å². The molecule has 0 aromatic rings. The lowest BCUT2D eigenvalue weighted by Crippen LogP contribution is -2.55. The molecule has 2 aliphatic heterocycles. The highest BCUT2D eigenvalue weighted by molar-refractivity contribution is 4.76. The van der Waals surface area contributed by atoms with E-state index in [0.717, 1.165) is 52.2 Å².